The summed E-state index contributed by atoms with van der Waals surface area (Å²) in [6.45, 7) is 4.17. The summed E-state index contributed by atoms with van der Waals surface area (Å²) in [7, 11) is 0. The summed E-state index contributed by atoms with van der Waals surface area (Å²) in [5.74, 6) is -2.06. The quantitative estimate of drug-likeness (QED) is 0.622. The molecule has 0 heterocycles. The maximum atomic E-state index is 11.7. The first kappa shape index (κ1) is 18.2. The van der Waals surface area contributed by atoms with Crippen LogP contribution in [0.5, 0.6) is 0 Å². The molecule has 0 aliphatic rings. The second-order valence-corrected chi connectivity index (χ2v) is 5.65. The third-order valence-corrected chi connectivity index (χ3v) is 3.92. The molecule has 0 saturated heterocycles. The highest BCUT2D eigenvalue weighted by Gasteiger charge is 2.21. The van der Waals surface area contributed by atoms with Crippen LogP contribution in [-0.2, 0) is 12.8 Å². The Morgan fingerprint density at radius 1 is 0.864 bits per heavy atom. The number of hydrogen-bond donors (Lipinski definition) is 2. The molecule has 1 rings (SSSR count). The minimum Gasteiger partial charge on any atom is -0.478 e. The van der Waals surface area contributed by atoms with Crippen molar-refractivity contribution < 1.29 is 19.8 Å². The molecule has 4 nitrogen and oxygen atoms in total. The van der Waals surface area contributed by atoms with E-state index in [1.165, 1.54) is 0 Å². The van der Waals surface area contributed by atoms with Crippen molar-refractivity contribution in [3.05, 3.63) is 34.4 Å². The first-order valence-electron chi connectivity index (χ1n) is 8.14. The van der Waals surface area contributed by atoms with Gasteiger partial charge in [0.2, 0.25) is 0 Å². The van der Waals surface area contributed by atoms with Crippen LogP contribution >= 0.6 is 0 Å². The fraction of sp³-hybridized carbons (Fsp3) is 0.556. The highest BCUT2D eigenvalue weighted by atomic mass is 16.4. The van der Waals surface area contributed by atoms with Crippen molar-refractivity contribution in [2.24, 2.45) is 0 Å². The van der Waals surface area contributed by atoms with Gasteiger partial charge in [-0.05, 0) is 42.9 Å². The van der Waals surface area contributed by atoms with Gasteiger partial charge >= 0.3 is 11.9 Å². The van der Waals surface area contributed by atoms with Crippen molar-refractivity contribution in [3.63, 3.8) is 0 Å². The van der Waals surface area contributed by atoms with Gasteiger partial charge in [0.25, 0.3) is 0 Å². The van der Waals surface area contributed by atoms with Crippen molar-refractivity contribution in [2.45, 2.75) is 65.2 Å². The molecule has 1 aromatic carbocycles. The van der Waals surface area contributed by atoms with Gasteiger partial charge in [0.15, 0.2) is 0 Å². The van der Waals surface area contributed by atoms with Crippen molar-refractivity contribution in [3.8, 4) is 0 Å². The minimum absolute atomic E-state index is 0.132. The molecule has 4 heteroatoms. The van der Waals surface area contributed by atoms with Gasteiger partial charge in [-0.25, -0.2) is 9.59 Å². The standard InChI is InChI=1S/C18H26O4/c1-3-5-7-9-13-11-12-15(17(19)20)14(10-8-6-4-2)16(13)18(21)22/h11-12H,3-10H2,1-2H3,(H,19,20)(H,21,22). The number of rotatable bonds is 10. The van der Waals surface area contributed by atoms with E-state index >= 15 is 0 Å². The molecule has 1 aromatic rings. The van der Waals surface area contributed by atoms with Crippen LogP contribution in [0, 0.1) is 0 Å². The van der Waals surface area contributed by atoms with Gasteiger partial charge in [-0.2, -0.15) is 0 Å². The van der Waals surface area contributed by atoms with Crippen molar-refractivity contribution in [1.29, 1.82) is 0 Å². The predicted octanol–water partition coefficient (Wildman–Crippen LogP) is 4.55. The van der Waals surface area contributed by atoms with Crippen molar-refractivity contribution in [2.75, 3.05) is 0 Å². The Hall–Kier alpha value is -1.84. The Labute approximate surface area is 132 Å². The van der Waals surface area contributed by atoms with E-state index in [1.807, 2.05) is 0 Å². The summed E-state index contributed by atoms with van der Waals surface area (Å²) >= 11 is 0. The molecule has 0 spiro atoms. The molecule has 0 fully saturated rings. The Balaban J connectivity index is 3.21. The van der Waals surface area contributed by atoms with Crippen LogP contribution < -0.4 is 0 Å². The van der Waals surface area contributed by atoms with Crippen LogP contribution in [0.1, 0.15) is 84.2 Å². The second-order valence-electron chi connectivity index (χ2n) is 5.65. The zero-order chi connectivity index (χ0) is 16.5. The molecule has 0 saturated carbocycles. The minimum atomic E-state index is -1.05. The summed E-state index contributed by atoms with van der Waals surface area (Å²) in [4.78, 5) is 23.1. The number of carboxylic acid groups (broad SMARTS) is 2. The van der Waals surface area contributed by atoms with Gasteiger partial charge < -0.3 is 10.2 Å². The molecule has 0 amide bonds. The van der Waals surface area contributed by atoms with Crippen LogP contribution in [-0.4, -0.2) is 22.2 Å². The molecular weight excluding hydrogens is 280 g/mol. The lowest BCUT2D eigenvalue weighted by atomic mass is 9.90. The highest BCUT2D eigenvalue weighted by Crippen LogP contribution is 2.24. The first-order chi connectivity index (χ1) is 10.5. The van der Waals surface area contributed by atoms with E-state index in [0.29, 0.717) is 18.4 Å². The highest BCUT2D eigenvalue weighted by molar-refractivity contribution is 5.97. The fourth-order valence-corrected chi connectivity index (χ4v) is 2.75. The van der Waals surface area contributed by atoms with E-state index in [4.69, 9.17) is 0 Å². The third-order valence-electron chi connectivity index (χ3n) is 3.92. The number of carboxylic acids is 2. The normalized spacial score (nSPS) is 10.6. The molecule has 0 unspecified atom stereocenters. The second kappa shape index (κ2) is 9.23. The van der Waals surface area contributed by atoms with E-state index in [1.54, 1.807) is 12.1 Å². The Kier molecular flexibility index (Phi) is 7.64. The largest absolute Gasteiger partial charge is 0.478 e. The number of aromatic carboxylic acids is 2. The molecule has 0 aliphatic heterocycles. The van der Waals surface area contributed by atoms with Crippen molar-refractivity contribution in [1.82, 2.24) is 0 Å². The Morgan fingerprint density at radius 3 is 1.95 bits per heavy atom. The first-order valence-corrected chi connectivity index (χ1v) is 8.14. The SMILES string of the molecule is CCCCCc1ccc(C(=O)O)c(CCCCC)c1C(=O)O. The van der Waals surface area contributed by atoms with Crippen LogP contribution in [0.25, 0.3) is 0 Å². The van der Waals surface area contributed by atoms with Gasteiger partial charge in [0, 0.05) is 0 Å². The fourth-order valence-electron chi connectivity index (χ4n) is 2.75. The zero-order valence-corrected chi connectivity index (χ0v) is 13.5. The smallest absolute Gasteiger partial charge is 0.336 e. The monoisotopic (exact) mass is 306 g/mol. The summed E-state index contributed by atoms with van der Waals surface area (Å²) in [6.07, 6.45) is 7.05. The maximum absolute atomic E-state index is 11.7. The lowest BCUT2D eigenvalue weighted by Gasteiger charge is -2.14. The summed E-state index contributed by atoms with van der Waals surface area (Å²) in [5.41, 5.74) is 1.60. The molecule has 0 aromatic heterocycles. The van der Waals surface area contributed by atoms with Gasteiger partial charge in [-0.1, -0.05) is 45.6 Å². The lowest BCUT2D eigenvalue weighted by Crippen LogP contribution is -2.13. The third kappa shape index (κ3) is 4.86. The molecule has 0 radical (unpaired) electrons. The molecule has 0 aliphatic carbocycles. The average molecular weight is 306 g/mol. The molecule has 0 bridgehead atoms. The molecule has 2 N–H and O–H groups in total. The van der Waals surface area contributed by atoms with E-state index in [9.17, 15) is 19.8 Å². The average Bonchev–Trinajstić information content (AvgIpc) is 2.47. The van der Waals surface area contributed by atoms with E-state index in [2.05, 4.69) is 13.8 Å². The zero-order valence-electron chi connectivity index (χ0n) is 13.5. The van der Waals surface area contributed by atoms with E-state index in [0.717, 1.165) is 44.1 Å². The summed E-state index contributed by atoms with van der Waals surface area (Å²) < 4.78 is 0. The van der Waals surface area contributed by atoms with E-state index < -0.39 is 11.9 Å². The number of unbranched alkanes of at least 4 members (excludes halogenated alkanes) is 4. The van der Waals surface area contributed by atoms with Crippen molar-refractivity contribution >= 4 is 11.9 Å². The molecular formula is C18H26O4. The van der Waals surface area contributed by atoms with E-state index in [-0.39, 0.29) is 11.1 Å². The van der Waals surface area contributed by atoms with Crippen LogP contribution in [0.3, 0.4) is 0 Å². The Morgan fingerprint density at radius 2 is 1.45 bits per heavy atom. The number of benzene rings is 1. The van der Waals surface area contributed by atoms with Crippen LogP contribution in [0.2, 0.25) is 0 Å². The van der Waals surface area contributed by atoms with Crippen LogP contribution in [0.15, 0.2) is 12.1 Å². The van der Waals surface area contributed by atoms with Gasteiger partial charge in [-0.15, -0.1) is 0 Å². The summed E-state index contributed by atoms with van der Waals surface area (Å²) in [5, 5.41) is 18.9. The Bertz CT molecular complexity index is 520. The van der Waals surface area contributed by atoms with Gasteiger partial charge in [0.05, 0.1) is 11.1 Å². The lowest BCUT2D eigenvalue weighted by molar-refractivity contribution is 0.0694. The number of hydrogen-bond acceptors (Lipinski definition) is 2. The number of carbonyl (C=O) groups is 2. The maximum Gasteiger partial charge on any atom is 0.336 e. The predicted molar refractivity (Wildman–Crippen MR) is 86.8 cm³/mol. The number of aryl methyl sites for hydroxylation is 1. The topological polar surface area (TPSA) is 74.6 Å². The summed E-state index contributed by atoms with van der Waals surface area (Å²) in [6, 6.07) is 3.24. The molecule has 0 atom stereocenters. The van der Waals surface area contributed by atoms with Crippen LogP contribution in [0.4, 0.5) is 0 Å². The molecule has 22 heavy (non-hydrogen) atoms. The van der Waals surface area contributed by atoms with Gasteiger partial charge in [-0.3, -0.25) is 0 Å². The molecule has 122 valence electrons. The van der Waals surface area contributed by atoms with Gasteiger partial charge in [0.1, 0.15) is 0 Å².